The Labute approximate surface area is 111 Å². The van der Waals surface area contributed by atoms with E-state index in [0.29, 0.717) is 5.92 Å². The molecule has 0 saturated carbocycles. The van der Waals surface area contributed by atoms with Crippen LogP contribution in [0.5, 0.6) is 0 Å². The molecule has 100 valence electrons. The van der Waals surface area contributed by atoms with Crippen molar-refractivity contribution in [3.8, 4) is 0 Å². The van der Waals surface area contributed by atoms with E-state index in [1.807, 2.05) is 32.1 Å². The van der Waals surface area contributed by atoms with Crippen LogP contribution in [0.15, 0.2) is 48.7 Å². The van der Waals surface area contributed by atoms with Crippen molar-refractivity contribution in [3.05, 3.63) is 48.7 Å². The predicted molar refractivity (Wildman–Crippen MR) is 79.0 cm³/mol. The first-order chi connectivity index (χ1) is 8.48. The van der Waals surface area contributed by atoms with Crippen molar-refractivity contribution >= 4 is 5.91 Å². The summed E-state index contributed by atoms with van der Waals surface area (Å²) in [6.07, 6.45) is 11.4. The highest BCUT2D eigenvalue weighted by atomic mass is 16.1. The van der Waals surface area contributed by atoms with Crippen LogP contribution >= 0.6 is 0 Å². The number of allylic oxidation sites excluding steroid dienone is 5. The molecule has 2 nitrogen and oxygen atoms in total. The van der Waals surface area contributed by atoms with Crippen LogP contribution in [-0.4, -0.2) is 5.91 Å². The Kier molecular flexibility index (Phi) is 7.03. The fraction of sp³-hybridized carbons (Fsp3) is 0.438. The molecule has 1 atom stereocenters. The Morgan fingerprint density at radius 3 is 2.50 bits per heavy atom. The fourth-order valence-electron chi connectivity index (χ4n) is 1.40. The molecule has 2 heteroatoms. The maximum Gasteiger partial charge on any atom is 0.247 e. The van der Waals surface area contributed by atoms with Crippen LogP contribution < -0.4 is 5.32 Å². The predicted octanol–water partition coefficient (Wildman–Crippen LogP) is 3.99. The third-order valence-electron chi connectivity index (χ3n) is 3.05. The zero-order chi connectivity index (χ0) is 14.2. The smallest absolute Gasteiger partial charge is 0.247 e. The molecule has 1 rings (SSSR count). The minimum absolute atomic E-state index is 0.0388. The molecule has 1 N–H and O–H groups in total. The maximum absolute atomic E-state index is 11.2. The lowest BCUT2D eigenvalue weighted by molar-refractivity contribution is -0.115. The van der Waals surface area contributed by atoms with E-state index < -0.39 is 0 Å². The van der Waals surface area contributed by atoms with Crippen molar-refractivity contribution < 1.29 is 4.79 Å². The van der Waals surface area contributed by atoms with Gasteiger partial charge in [0.15, 0.2) is 0 Å². The van der Waals surface area contributed by atoms with E-state index in [1.54, 1.807) is 0 Å². The highest BCUT2D eigenvalue weighted by Gasteiger charge is 2.22. The quantitative estimate of drug-likeness (QED) is 0.751. The summed E-state index contributed by atoms with van der Waals surface area (Å²) >= 11 is 0. The van der Waals surface area contributed by atoms with Crippen LogP contribution in [0.25, 0.3) is 0 Å². The van der Waals surface area contributed by atoms with Gasteiger partial charge in [-0.1, -0.05) is 59.4 Å². The molecule has 0 aromatic carbocycles. The number of carbonyl (C=O) groups excluding carboxylic acids is 1. The standard InChI is InChI=1S/C14H19NO.C2H6/c1-5-13(16)15-12-7-6-9-14(4,10-8-12)11(2)3;1-2/h5-11H,1H2,2-4H3,(H,15,16);1-2H3. The van der Waals surface area contributed by atoms with Gasteiger partial charge in [-0.2, -0.15) is 0 Å². The Bertz CT molecular complexity index is 375. The molecule has 0 bridgehead atoms. The second-order valence-corrected chi connectivity index (χ2v) is 4.53. The van der Waals surface area contributed by atoms with Crippen LogP contribution in [0.3, 0.4) is 0 Å². The molecule has 0 heterocycles. The molecular formula is C16H25NO. The molecule has 1 aliphatic carbocycles. The summed E-state index contributed by atoms with van der Waals surface area (Å²) in [7, 11) is 0. The molecule has 0 aromatic heterocycles. The van der Waals surface area contributed by atoms with Crippen LogP contribution in [-0.2, 0) is 4.79 Å². The van der Waals surface area contributed by atoms with Crippen molar-refractivity contribution in [1.29, 1.82) is 0 Å². The molecule has 1 aliphatic rings. The summed E-state index contributed by atoms with van der Waals surface area (Å²) in [5.41, 5.74) is 0.836. The van der Waals surface area contributed by atoms with E-state index in [9.17, 15) is 4.79 Å². The Hall–Kier alpha value is -1.57. The van der Waals surface area contributed by atoms with E-state index in [2.05, 4.69) is 44.8 Å². The topological polar surface area (TPSA) is 29.1 Å². The lowest BCUT2D eigenvalue weighted by atomic mass is 9.79. The fourth-order valence-corrected chi connectivity index (χ4v) is 1.40. The van der Waals surface area contributed by atoms with E-state index in [4.69, 9.17) is 0 Å². The lowest BCUT2D eigenvalue weighted by Gasteiger charge is -2.26. The summed E-state index contributed by atoms with van der Waals surface area (Å²) in [6, 6.07) is 0. The molecule has 18 heavy (non-hydrogen) atoms. The average Bonchev–Trinajstić information content (AvgIpc) is 2.55. The molecule has 0 radical (unpaired) electrons. The number of hydrogen-bond donors (Lipinski definition) is 1. The molecule has 1 unspecified atom stereocenters. The summed E-state index contributed by atoms with van der Waals surface area (Å²) in [6.45, 7) is 14.0. The average molecular weight is 247 g/mol. The van der Waals surface area contributed by atoms with Gasteiger partial charge in [-0.3, -0.25) is 4.79 Å². The summed E-state index contributed by atoms with van der Waals surface area (Å²) in [4.78, 5) is 11.2. The second-order valence-electron chi connectivity index (χ2n) is 4.53. The Balaban J connectivity index is 0.00000137. The Morgan fingerprint density at radius 1 is 1.39 bits per heavy atom. The van der Waals surface area contributed by atoms with Crippen LogP contribution in [0.4, 0.5) is 0 Å². The maximum atomic E-state index is 11.2. The molecule has 0 saturated heterocycles. The largest absolute Gasteiger partial charge is 0.323 e. The van der Waals surface area contributed by atoms with Gasteiger partial charge in [-0.25, -0.2) is 0 Å². The zero-order valence-corrected chi connectivity index (χ0v) is 12.2. The number of nitrogens with one attached hydrogen (secondary N) is 1. The highest BCUT2D eigenvalue weighted by Crippen LogP contribution is 2.31. The first-order valence-corrected chi connectivity index (χ1v) is 6.50. The highest BCUT2D eigenvalue weighted by molar-refractivity contribution is 5.88. The van der Waals surface area contributed by atoms with Crippen LogP contribution in [0.1, 0.15) is 34.6 Å². The van der Waals surface area contributed by atoms with Gasteiger partial charge < -0.3 is 5.32 Å². The lowest BCUT2D eigenvalue weighted by Crippen LogP contribution is -2.20. The van der Waals surface area contributed by atoms with E-state index >= 15 is 0 Å². The van der Waals surface area contributed by atoms with Crippen LogP contribution in [0, 0.1) is 11.3 Å². The minimum atomic E-state index is -0.183. The minimum Gasteiger partial charge on any atom is -0.323 e. The molecule has 1 amide bonds. The third kappa shape index (κ3) is 4.74. The summed E-state index contributed by atoms with van der Waals surface area (Å²) < 4.78 is 0. The first-order valence-electron chi connectivity index (χ1n) is 6.50. The first kappa shape index (κ1) is 16.4. The van der Waals surface area contributed by atoms with Gasteiger partial charge in [0.05, 0.1) is 0 Å². The molecule has 0 fully saturated rings. The molecular weight excluding hydrogens is 222 g/mol. The van der Waals surface area contributed by atoms with E-state index in [0.717, 1.165) is 5.70 Å². The normalized spacial score (nSPS) is 21.6. The van der Waals surface area contributed by atoms with Crippen LogP contribution in [0.2, 0.25) is 0 Å². The molecule has 0 aliphatic heterocycles. The SMILES string of the molecule is C=CC(=O)NC1=CC=CC(C)(C(C)C)C=C1.CC. The van der Waals surface area contributed by atoms with Gasteiger partial charge in [-0.15, -0.1) is 0 Å². The summed E-state index contributed by atoms with van der Waals surface area (Å²) in [5.74, 6) is 0.334. The molecule has 0 spiro atoms. The van der Waals surface area contributed by atoms with Gasteiger partial charge in [-0.05, 0) is 24.1 Å². The monoisotopic (exact) mass is 247 g/mol. The molecule has 0 aromatic rings. The number of amides is 1. The number of hydrogen-bond acceptors (Lipinski definition) is 1. The second kappa shape index (κ2) is 7.70. The van der Waals surface area contributed by atoms with E-state index in [1.165, 1.54) is 6.08 Å². The van der Waals surface area contributed by atoms with Crippen molar-refractivity contribution in [2.75, 3.05) is 0 Å². The number of carbonyl (C=O) groups is 1. The number of rotatable bonds is 3. The van der Waals surface area contributed by atoms with Crippen molar-refractivity contribution in [3.63, 3.8) is 0 Å². The Morgan fingerprint density at radius 2 is 2.00 bits per heavy atom. The van der Waals surface area contributed by atoms with Gasteiger partial charge >= 0.3 is 0 Å². The van der Waals surface area contributed by atoms with Gasteiger partial charge in [0.25, 0.3) is 0 Å². The van der Waals surface area contributed by atoms with Crippen molar-refractivity contribution in [2.24, 2.45) is 11.3 Å². The van der Waals surface area contributed by atoms with Gasteiger partial charge in [0.1, 0.15) is 0 Å². The van der Waals surface area contributed by atoms with E-state index in [-0.39, 0.29) is 11.3 Å². The van der Waals surface area contributed by atoms with Crippen molar-refractivity contribution in [2.45, 2.75) is 34.6 Å². The van der Waals surface area contributed by atoms with Crippen molar-refractivity contribution in [1.82, 2.24) is 5.32 Å². The van der Waals surface area contributed by atoms with Gasteiger partial charge in [0, 0.05) is 11.1 Å². The summed E-state index contributed by atoms with van der Waals surface area (Å²) in [5, 5.41) is 2.75. The van der Waals surface area contributed by atoms with Gasteiger partial charge in [0.2, 0.25) is 5.91 Å². The third-order valence-corrected chi connectivity index (χ3v) is 3.05. The zero-order valence-electron chi connectivity index (χ0n) is 12.2.